The van der Waals surface area contributed by atoms with Gasteiger partial charge in [-0.1, -0.05) is 49.0 Å². The molecule has 0 spiro atoms. The van der Waals surface area contributed by atoms with E-state index in [0.717, 1.165) is 29.4 Å². The third kappa shape index (κ3) is 5.54. The summed E-state index contributed by atoms with van der Waals surface area (Å²) in [6.45, 7) is 1.89. The maximum absolute atomic E-state index is 12.2. The van der Waals surface area contributed by atoms with Crippen molar-refractivity contribution in [3.05, 3.63) is 54.1 Å². The second-order valence-electron chi connectivity index (χ2n) is 6.50. The zero-order chi connectivity index (χ0) is 22.2. The van der Waals surface area contributed by atoms with Gasteiger partial charge in [0.25, 0.3) is 0 Å². The van der Waals surface area contributed by atoms with Crippen molar-refractivity contribution in [1.29, 1.82) is 0 Å². The number of anilines is 1. The zero-order valence-corrected chi connectivity index (χ0v) is 18.1. The maximum atomic E-state index is 12.2. The lowest BCUT2D eigenvalue weighted by Gasteiger charge is -2.10. The Morgan fingerprint density at radius 3 is 2.61 bits per heavy atom. The molecular formula is C21H24N6O3S. The molecule has 0 bridgehead atoms. The Labute approximate surface area is 184 Å². The van der Waals surface area contributed by atoms with Gasteiger partial charge in [0.1, 0.15) is 5.75 Å². The SMILES string of the molecule is CCc1ccccc1NC(=O)CNC(=O)CSc1nnc(-c2ccccc2OC)n1N. The predicted molar refractivity (Wildman–Crippen MR) is 120 cm³/mol. The van der Waals surface area contributed by atoms with Crippen LogP contribution in [0, 0.1) is 0 Å². The molecule has 3 rings (SSSR count). The lowest BCUT2D eigenvalue weighted by Crippen LogP contribution is -2.34. The van der Waals surface area contributed by atoms with Crippen LogP contribution in [-0.4, -0.2) is 46.1 Å². The van der Waals surface area contributed by atoms with Crippen LogP contribution in [0.15, 0.2) is 53.7 Å². The Bertz CT molecular complexity index is 1070. The first-order valence-electron chi connectivity index (χ1n) is 9.64. The summed E-state index contributed by atoms with van der Waals surface area (Å²) in [5.74, 6) is 6.58. The number of para-hydroxylation sites is 2. The van der Waals surface area contributed by atoms with Crippen molar-refractivity contribution >= 4 is 29.3 Å². The van der Waals surface area contributed by atoms with E-state index in [0.29, 0.717) is 22.3 Å². The lowest BCUT2D eigenvalue weighted by atomic mass is 10.1. The number of ether oxygens (including phenoxy) is 1. The topological polar surface area (TPSA) is 124 Å². The molecule has 2 aromatic carbocycles. The molecule has 0 aliphatic rings. The molecule has 0 aliphatic heterocycles. The number of carbonyl (C=O) groups excluding carboxylic acids is 2. The van der Waals surface area contributed by atoms with Crippen LogP contribution in [0.25, 0.3) is 11.4 Å². The monoisotopic (exact) mass is 440 g/mol. The first kappa shape index (κ1) is 22.2. The van der Waals surface area contributed by atoms with Gasteiger partial charge in [0.2, 0.25) is 17.0 Å². The van der Waals surface area contributed by atoms with Crippen molar-refractivity contribution < 1.29 is 14.3 Å². The Morgan fingerprint density at radius 2 is 1.84 bits per heavy atom. The summed E-state index contributed by atoms with van der Waals surface area (Å²) in [5, 5.41) is 13.9. The van der Waals surface area contributed by atoms with Gasteiger partial charge in [0, 0.05) is 5.69 Å². The number of aryl methyl sites for hydroxylation is 1. The number of hydrogen-bond acceptors (Lipinski definition) is 7. The molecule has 9 nitrogen and oxygen atoms in total. The number of hydrogen-bond donors (Lipinski definition) is 3. The fourth-order valence-electron chi connectivity index (χ4n) is 2.89. The van der Waals surface area contributed by atoms with Crippen molar-refractivity contribution in [2.45, 2.75) is 18.5 Å². The molecule has 10 heteroatoms. The number of carbonyl (C=O) groups is 2. The lowest BCUT2D eigenvalue weighted by molar-refractivity contribution is -0.122. The molecule has 162 valence electrons. The zero-order valence-electron chi connectivity index (χ0n) is 17.3. The molecule has 3 aromatic rings. The van der Waals surface area contributed by atoms with Crippen molar-refractivity contribution in [2.24, 2.45) is 0 Å². The molecular weight excluding hydrogens is 416 g/mol. The van der Waals surface area contributed by atoms with Gasteiger partial charge in [-0.3, -0.25) is 9.59 Å². The van der Waals surface area contributed by atoms with E-state index < -0.39 is 0 Å². The summed E-state index contributed by atoms with van der Waals surface area (Å²) in [6.07, 6.45) is 0.802. The van der Waals surface area contributed by atoms with Gasteiger partial charge < -0.3 is 21.2 Å². The van der Waals surface area contributed by atoms with Gasteiger partial charge in [-0.05, 0) is 30.2 Å². The average Bonchev–Trinajstić information content (AvgIpc) is 3.16. The van der Waals surface area contributed by atoms with Crippen molar-refractivity contribution in [2.75, 3.05) is 30.6 Å². The smallest absolute Gasteiger partial charge is 0.243 e. The van der Waals surface area contributed by atoms with E-state index in [2.05, 4.69) is 20.8 Å². The number of thioether (sulfide) groups is 1. The second kappa shape index (κ2) is 10.5. The van der Waals surface area contributed by atoms with E-state index >= 15 is 0 Å². The minimum absolute atomic E-state index is 0.0418. The summed E-state index contributed by atoms with van der Waals surface area (Å²) in [5.41, 5.74) is 2.48. The summed E-state index contributed by atoms with van der Waals surface area (Å²) in [4.78, 5) is 24.3. The fraction of sp³-hybridized carbons (Fsp3) is 0.238. The number of amides is 2. The van der Waals surface area contributed by atoms with Gasteiger partial charge in [0.05, 0.1) is 25.0 Å². The van der Waals surface area contributed by atoms with Crippen LogP contribution in [0.1, 0.15) is 12.5 Å². The highest BCUT2D eigenvalue weighted by atomic mass is 32.2. The van der Waals surface area contributed by atoms with E-state index in [4.69, 9.17) is 10.6 Å². The Morgan fingerprint density at radius 1 is 1.10 bits per heavy atom. The quantitative estimate of drug-likeness (QED) is 0.344. The Balaban J connectivity index is 1.52. The molecule has 1 heterocycles. The number of nitrogens with one attached hydrogen (secondary N) is 2. The summed E-state index contributed by atoms with van der Waals surface area (Å²) >= 11 is 1.13. The van der Waals surface area contributed by atoms with Crippen LogP contribution in [0.2, 0.25) is 0 Å². The van der Waals surface area contributed by atoms with E-state index in [1.165, 1.54) is 4.68 Å². The third-order valence-electron chi connectivity index (χ3n) is 4.46. The largest absolute Gasteiger partial charge is 0.496 e. The van der Waals surface area contributed by atoms with Gasteiger partial charge in [-0.2, -0.15) is 0 Å². The van der Waals surface area contributed by atoms with Crippen LogP contribution in [0.3, 0.4) is 0 Å². The van der Waals surface area contributed by atoms with E-state index in [9.17, 15) is 9.59 Å². The Kier molecular flexibility index (Phi) is 7.50. The van der Waals surface area contributed by atoms with Gasteiger partial charge in [-0.15, -0.1) is 10.2 Å². The summed E-state index contributed by atoms with van der Waals surface area (Å²) < 4.78 is 6.64. The molecule has 0 unspecified atom stereocenters. The molecule has 1 aromatic heterocycles. The number of methoxy groups -OCH3 is 1. The van der Waals surface area contributed by atoms with Crippen LogP contribution in [0.5, 0.6) is 5.75 Å². The normalized spacial score (nSPS) is 10.5. The summed E-state index contributed by atoms with van der Waals surface area (Å²) in [7, 11) is 1.56. The van der Waals surface area contributed by atoms with Gasteiger partial charge in [0.15, 0.2) is 5.82 Å². The number of aromatic nitrogens is 3. The molecule has 0 atom stereocenters. The molecule has 0 radical (unpaired) electrons. The minimum Gasteiger partial charge on any atom is -0.496 e. The molecule has 0 saturated carbocycles. The molecule has 2 amide bonds. The highest BCUT2D eigenvalue weighted by molar-refractivity contribution is 7.99. The maximum Gasteiger partial charge on any atom is 0.243 e. The molecule has 31 heavy (non-hydrogen) atoms. The number of benzene rings is 2. The number of nitrogen functional groups attached to an aromatic ring is 1. The second-order valence-corrected chi connectivity index (χ2v) is 7.44. The van der Waals surface area contributed by atoms with Crippen LogP contribution >= 0.6 is 11.8 Å². The van der Waals surface area contributed by atoms with Crippen molar-refractivity contribution in [1.82, 2.24) is 20.2 Å². The first-order chi connectivity index (χ1) is 15.0. The molecule has 0 saturated heterocycles. The van der Waals surface area contributed by atoms with Crippen LogP contribution < -0.4 is 21.2 Å². The average molecular weight is 441 g/mol. The van der Waals surface area contributed by atoms with Crippen molar-refractivity contribution in [3.8, 4) is 17.1 Å². The highest BCUT2D eigenvalue weighted by Gasteiger charge is 2.17. The van der Waals surface area contributed by atoms with Gasteiger partial charge in [-0.25, -0.2) is 4.68 Å². The van der Waals surface area contributed by atoms with Crippen LogP contribution in [-0.2, 0) is 16.0 Å². The van der Waals surface area contributed by atoms with E-state index in [1.807, 2.05) is 49.4 Å². The number of nitrogens with zero attached hydrogens (tertiary/aromatic N) is 3. The standard InChI is InChI=1S/C21H24N6O3S/c1-3-14-8-4-6-10-16(14)24-18(28)12-23-19(29)13-31-21-26-25-20(27(21)22)15-9-5-7-11-17(15)30-2/h4-11H,3,12-13,22H2,1-2H3,(H,23,29)(H,24,28). The number of nitrogens with two attached hydrogens (primary N) is 1. The first-order valence-corrected chi connectivity index (χ1v) is 10.6. The van der Waals surface area contributed by atoms with Crippen molar-refractivity contribution in [3.63, 3.8) is 0 Å². The van der Waals surface area contributed by atoms with Gasteiger partial charge >= 0.3 is 0 Å². The fourth-order valence-corrected chi connectivity index (χ4v) is 3.58. The van der Waals surface area contributed by atoms with Crippen LogP contribution in [0.4, 0.5) is 5.69 Å². The Hall–Kier alpha value is -3.53. The third-order valence-corrected chi connectivity index (χ3v) is 5.41. The summed E-state index contributed by atoms with van der Waals surface area (Å²) in [6, 6.07) is 14.9. The molecule has 0 fully saturated rings. The predicted octanol–water partition coefficient (Wildman–Crippen LogP) is 2.08. The highest BCUT2D eigenvalue weighted by Crippen LogP contribution is 2.29. The molecule has 0 aliphatic carbocycles. The minimum atomic E-state index is -0.314. The number of rotatable bonds is 9. The molecule has 4 N–H and O–H groups in total. The van der Waals surface area contributed by atoms with E-state index in [1.54, 1.807) is 13.2 Å². The van der Waals surface area contributed by atoms with E-state index in [-0.39, 0.29) is 24.1 Å².